The van der Waals surface area contributed by atoms with Gasteiger partial charge in [-0.05, 0) is 6.42 Å². The van der Waals surface area contributed by atoms with Gasteiger partial charge in [-0.25, -0.2) is 0 Å². The van der Waals surface area contributed by atoms with Crippen LogP contribution >= 0.6 is 11.8 Å². The van der Waals surface area contributed by atoms with E-state index in [2.05, 4.69) is 4.74 Å². The molecule has 0 aliphatic carbocycles. The molecule has 0 aromatic heterocycles. The first-order valence-corrected chi connectivity index (χ1v) is 4.24. The molecule has 1 unspecified atom stereocenters. The van der Waals surface area contributed by atoms with E-state index in [1.54, 1.807) is 0 Å². The van der Waals surface area contributed by atoms with Crippen molar-refractivity contribution in [2.45, 2.75) is 25.5 Å². The predicted octanol–water partition coefficient (Wildman–Crippen LogP) is 1.22. The summed E-state index contributed by atoms with van der Waals surface area (Å²) in [6, 6.07) is 0. The van der Waals surface area contributed by atoms with E-state index in [1.165, 1.54) is 14.0 Å². The Bertz CT molecular complexity index is 156. The van der Waals surface area contributed by atoms with Gasteiger partial charge >= 0.3 is 5.97 Å². The molecule has 1 atom stereocenters. The minimum Gasteiger partial charge on any atom is -0.468 e. The van der Waals surface area contributed by atoms with E-state index in [0.717, 1.165) is 11.8 Å². The van der Waals surface area contributed by atoms with Gasteiger partial charge in [0.2, 0.25) is 0 Å². The van der Waals surface area contributed by atoms with Crippen molar-refractivity contribution in [2.24, 2.45) is 0 Å². The zero-order valence-electron chi connectivity index (χ0n) is 6.92. The maximum atomic E-state index is 10.9. The quantitative estimate of drug-likeness (QED) is 0.606. The molecule has 0 saturated heterocycles. The van der Waals surface area contributed by atoms with Gasteiger partial charge in [0.25, 0.3) is 0 Å². The normalized spacial score (nSPS) is 12.3. The number of carbonyl (C=O) groups is 2. The zero-order valence-corrected chi connectivity index (χ0v) is 7.73. The lowest BCUT2D eigenvalue weighted by molar-refractivity contribution is -0.140. The number of esters is 1. The average molecular weight is 176 g/mol. The number of rotatable bonds is 3. The minimum atomic E-state index is -0.336. The van der Waals surface area contributed by atoms with E-state index in [-0.39, 0.29) is 16.3 Å². The van der Waals surface area contributed by atoms with Gasteiger partial charge in [-0.3, -0.25) is 9.59 Å². The fraction of sp³-hybridized carbons (Fsp3) is 0.714. The molecule has 0 aromatic carbocycles. The lowest BCUT2D eigenvalue weighted by Crippen LogP contribution is -2.18. The Morgan fingerprint density at radius 1 is 1.55 bits per heavy atom. The van der Waals surface area contributed by atoms with Gasteiger partial charge in [0.15, 0.2) is 5.12 Å². The van der Waals surface area contributed by atoms with Crippen molar-refractivity contribution in [1.82, 2.24) is 0 Å². The topological polar surface area (TPSA) is 43.4 Å². The van der Waals surface area contributed by atoms with Crippen LogP contribution in [0.25, 0.3) is 0 Å². The molecule has 3 nitrogen and oxygen atoms in total. The molecule has 0 amide bonds. The first-order valence-electron chi connectivity index (χ1n) is 3.36. The molecule has 0 saturated carbocycles. The van der Waals surface area contributed by atoms with Crippen LogP contribution < -0.4 is 0 Å². The van der Waals surface area contributed by atoms with Crippen molar-refractivity contribution in [3.8, 4) is 0 Å². The van der Waals surface area contributed by atoms with Gasteiger partial charge in [-0.1, -0.05) is 18.7 Å². The van der Waals surface area contributed by atoms with E-state index in [0.29, 0.717) is 6.42 Å². The third-order valence-corrected chi connectivity index (χ3v) is 2.29. The highest BCUT2D eigenvalue weighted by Crippen LogP contribution is 2.16. The highest BCUT2D eigenvalue weighted by molar-refractivity contribution is 8.14. The first-order chi connectivity index (χ1) is 5.11. The van der Waals surface area contributed by atoms with E-state index in [1.807, 2.05) is 6.92 Å². The summed E-state index contributed by atoms with van der Waals surface area (Å²) in [6.45, 7) is 3.29. The SMILES string of the molecule is CCC(SC(C)=O)C(=O)OC. The van der Waals surface area contributed by atoms with E-state index in [9.17, 15) is 9.59 Å². The zero-order chi connectivity index (χ0) is 8.85. The average Bonchev–Trinajstić information content (AvgIpc) is 1.98. The summed E-state index contributed by atoms with van der Waals surface area (Å²) in [5.74, 6) is -0.326. The monoisotopic (exact) mass is 176 g/mol. The molecule has 0 fully saturated rings. The number of methoxy groups -OCH3 is 1. The second kappa shape index (κ2) is 5.18. The van der Waals surface area contributed by atoms with E-state index >= 15 is 0 Å². The molecule has 0 N–H and O–H groups in total. The van der Waals surface area contributed by atoms with Crippen LogP contribution in [-0.4, -0.2) is 23.4 Å². The molecular weight excluding hydrogens is 164 g/mol. The molecule has 0 radical (unpaired) electrons. The second-order valence-electron chi connectivity index (χ2n) is 2.03. The molecule has 0 rings (SSSR count). The van der Waals surface area contributed by atoms with Gasteiger partial charge in [0, 0.05) is 6.92 Å². The first kappa shape index (κ1) is 10.5. The van der Waals surface area contributed by atoms with E-state index < -0.39 is 0 Å². The Balaban J connectivity index is 3.94. The lowest BCUT2D eigenvalue weighted by atomic mass is 10.3. The van der Waals surface area contributed by atoms with Gasteiger partial charge < -0.3 is 4.74 Å². The van der Waals surface area contributed by atoms with Crippen molar-refractivity contribution in [3.05, 3.63) is 0 Å². The van der Waals surface area contributed by atoms with Crippen molar-refractivity contribution < 1.29 is 14.3 Å². The van der Waals surface area contributed by atoms with Crippen molar-refractivity contribution in [1.29, 1.82) is 0 Å². The molecule has 0 aromatic rings. The Kier molecular flexibility index (Phi) is 4.94. The van der Waals surface area contributed by atoms with Crippen LogP contribution in [0.15, 0.2) is 0 Å². The number of carbonyl (C=O) groups excluding carboxylic acids is 2. The van der Waals surface area contributed by atoms with Crippen LogP contribution in [0, 0.1) is 0 Å². The summed E-state index contributed by atoms with van der Waals surface area (Å²) >= 11 is 1.02. The molecule has 0 heterocycles. The van der Waals surface area contributed by atoms with Crippen LogP contribution in [0.2, 0.25) is 0 Å². The largest absolute Gasteiger partial charge is 0.468 e. The highest BCUT2D eigenvalue weighted by atomic mass is 32.2. The maximum absolute atomic E-state index is 10.9. The summed E-state index contributed by atoms with van der Waals surface area (Å²) in [7, 11) is 1.33. The van der Waals surface area contributed by atoms with Crippen molar-refractivity contribution in [3.63, 3.8) is 0 Å². The summed E-state index contributed by atoms with van der Waals surface area (Å²) in [6.07, 6.45) is 0.622. The van der Waals surface area contributed by atoms with Gasteiger partial charge in [-0.15, -0.1) is 0 Å². The number of thioether (sulfide) groups is 1. The predicted molar refractivity (Wildman–Crippen MR) is 44.4 cm³/mol. The van der Waals surface area contributed by atoms with Crippen LogP contribution in [0.4, 0.5) is 0 Å². The highest BCUT2D eigenvalue weighted by Gasteiger charge is 2.18. The van der Waals surface area contributed by atoms with Crippen LogP contribution in [0.3, 0.4) is 0 Å². The van der Waals surface area contributed by atoms with Crippen molar-refractivity contribution in [2.75, 3.05) is 7.11 Å². The molecule has 0 spiro atoms. The summed E-state index contributed by atoms with van der Waals surface area (Å²) in [5.41, 5.74) is 0. The fourth-order valence-electron chi connectivity index (χ4n) is 0.630. The Hall–Kier alpha value is -0.510. The van der Waals surface area contributed by atoms with Crippen molar-refractivity contribution >= 4 is 22.8 Å². The Morgan fingerprint density at radius 3 is 2.36 bits per heavy atom. The molecular formula is C7H12O3S. The van der Waals surface area contributed by atoms with E-state index in [4.69, 9.17) is 0 Å². The maximum Gasteiger partial charge on any atom is 0.319 e. The third kappa shape index (κ3) is 4.03. The van der Waals surface area contributed by atoms with Crippen LogP contribution in [0.5, 0.6) is 0 Å². The molecule has 11 heavy (non-hydrogen) atoms. The van der Waals surface area contributed by atoms with Gasteiger partial charge in [0.05, 0.1) is 7.11 Å². The smallest absolute Gasteiger partial charge is 0.319 e. The molecule has 64 valence electrons. The summed E-state index contributed by atoms with van der Waals surface area (Å²) < 4.78 is 4.49. The van der Waals surface area contributed by atoms with Gasteiger partial charge in [0.1, 0.15) is 5.25 Å². The summed E-state index contributed by atoms with van der Waals surface area (Å²) in [5, 5.41) is -0.389. The standard InChI is InChI=1S/C7H12O3S/c1-4-6(7(9)10-3)11-5(2)8/h6H,4H2,1-3H3. The Morgan fingerprint density at radius 2 is 2.09 bits per heavy atom. The lowest BCUT2D eigenvalue weighted by Gasteiger charge is -2.08. The third-order valence-electron chi connectivity index (χ3n) is 1.14. The second-order valence-corrected chi connectivity index (χ2v) is 3.41. The molecule has 4 heteroatoms. The molecule has 0 aliphatic heterocycles. The number of hydrogen-bond donors (Lipinski definition) is 0. The summed E-state index contributed by atoms with van der Waals surface area (Å²) in [4.78, 5) is 21.5. The molecule has 0 aliphatic rings. The number of hydrogen-bond acceptors (Lipinski definition) is 4. The minimum absolute atomic E-state index is 0.0535. The number of ether oxygens (including phenoxy) is 1. The van der Waals surface area contributed by atoms with Crippen LogP contribution in [-0.2, 0) is 14.3 Å². The van der Waals surface area contributed by atoms with Crippen LogP contribution in [0.1, 0.15) is 20.3 Å². The Labute approximate surface area is 70.5 Å². The van der Waals surface area contributed by atoms with Gasteiger partial charge in [-0.2, -0.15) is 0 Å². The molecule has 0 bridgehead atoms. The fourth-order valence-corrected chi connectivity index (χ4v) is 1.39.